The molecule has 0 aliphatic heterocycles. The molecule has 9 nitrogen and oxygen atoms in total. The highest BCUT2D eigenvalue weighted by molar-refractivity contribution is 7.45. The molecule has 0 saturated heterocycles. The Balaban J connectivity index is 3.83. The summed E-state index contributed by atoms with van der Waals surface area (Å²) in [6.07, 6.45) is 84.9. The zero-order chi connectivity index (χ0) is 62.6. The minimum atomic E-state index is -4.64. The van der Waals surface area contributed by atoms with Gasteiger partial charge in [0.05, 0.1) is 27.7 Å². The van der Waals surface area contributed by atoms with Gasteiger partial charge in [0.15, 0.2) is 6.10 Å². The first-order chi connectivity index (χ1) is 42.0. The van der Waals surface area contributed by atoms with Crippen LogP contribution in [-0.4, -0.2) is 70.0 Å². The van der Waals surface area contributed by atoms with Crippen molar-refractivity contribution in [3.63, 3.8) is 0 Å². The fourth-order valence-corrected chi connectivity index (χ4v) is 12.6. The lowest BCUT2D eigenvalue weighted by molar-refractivity contribution is -0.870. The third kappa shape index (κ3) is 71.8. The molecule has 2 atom stereocenters. The summed E-state index contributed by atoms with van der Waals surface area (Å²) in [6, 6.07) is 0. The summed E-state index contributed by atoms with van der Waals surface area (Å²) in [5, 5.41) is 0. The summed E-state index contributed by atoms with van der Waals surface area (Å²) < 4.78 is 34.3. The molecule has 0 spiro atoms. The molecule has 0 aliphatic rings. The molecule has 0 heterocycles. The van der Waals surface area contributed by atoms with E-state index in [9.17, 15) is 19.0 Å². The van der Waals surface area contributed by atoms with Gasteiger partial charge < -0.3 is 27.9 Å². The minimum absolute atomic E-state index is 0.0272. The number of carbonyl (C=O) groups excluding carboxylic acids is 2. The van der Waals surface area contributed by atoms with Gasteiger partial charge >= 0.3 is 11.9 Å². The van der Waals surface area contributed by atoms with Gasteiger partial charge in [-0.2, -0.15) is 0 Å². The molecule has 2 unspecified atom stereocenters. The van der Waals surface area contributed by atoms with Gasteiger partial charge in [-0.3, -0.25) is 14.2 Å². The van der Waals surface area contributed by atoms with Gasteiger partial charge in [-0.15, -0.1) is 0 Å². The van der Waals surface area contributed by atoms with Crippen molar-refractivity contribution in [1.82, 2.24) is 0 Å². The van der Waals surface area contributed by atoms with Crippen molar-refractivity contribution < 1.29 is 42.1 Å². The molecule has 0 N–H and O–H groups in total. The number of likely N-dealkylation sites (N-methyl/N-ethyl adjacent to an activating group) is 1. The maximum Gasteiger partial charge on any atom is 0.306 e. The van der Waals surface area contributed by atoms with Crippen molar-refractivity contribution in [3.05, 3.63) is 12.2 Å². The first-order valence-electron chi connectivity index (χ1n) is 38.4. The van der Waals surface area contributed by atoms with Crippen molar-refractivity contribution >= 4 is 19.8 Å². The Bertz CT molecular complexity index is 1450. The van der Waals surface area contributed by atoms with Crippen LogP contribution in [0.15, 0.2) is 12.2 Å². The number of rotatable bonds is 73. The summed E-state index contributed by atoms with van der Waals surface area (Å²) in [4.78, 5) is 38.1. The summed E-state index contributed by atoms with van der Waals surface area (Å²) in [7, 11) is 1.19. The summed E-state index contributed by atoms with van der Waals surface area (Å²) in [5.41, 5.74) is 0. The van der Waals surface area contributed by atoms with Gasteiger partial charge in [-0.25, -0.2) is 0 Å². The Morgan fingerprint density at radius 3 is 0.860 bits per heavy atom. The highest BCUT2D eigenvalue weighted by Gasteiger charge is 2.22. The average Bonchev–Trinajstić information content (AvgIpc) is 3.67. The Labute approximate surface area is 537 Å². The van der Waals surface area contributed by atoms with Crippen molar-refractivity contribution in [1.29, 1.82) is 0 Å². The van der Waals surface area contributed by atoms with Gasteiger partial charge in [0.2, 0.25) is 0 Å². The second-order valence-electron chi connectivity index (χ2n) is 27.7. The lowest BCUT2D eigenvalue weighted by atomic mass is 10.0. The largest absolute Gasteiger partial charge is 0.756 e. The van der Waals surface area contributed by atoms with E-state index >= 15 is 0 Å². The van der Waals surface area contributed by atoms with Gasteiger partial charge in [-0.1, -0.05) is 373 Å². The van der Waals surface area contributed by atoms with E-state index in [1.165, 1.54) is 340 Å². The number of nitrogens with zero attached hydrogens (tertiary/aromatic N) is 1. The highest BCUT2D eigenvalue weighted by Crippen LogP contribution is 2.38. The Kier molecular flexibility index (Phi) is 67.1. The topological polar surface area (TPSA) is 111 Å². The zero-order valence-corrected chi connectivity index (χ0v) is 59.5. The van der Waals surface area contributed by atoms with Crippen LogP contribution in [0.5, 0.6) is 0 Å². The Morgan fingerprint density at radius 2 is 0.593 bits per heavy atom. The normalized spacial score (nSPS) is 13.0. The summed E-state index contributed by atoms with van der Waals surface area (Å²) in [5.74, 6) is -0.811. The monoisotopic (exact) mass is 1240 g/mol. The molecular weight excluding hydrogens is 1090 g/mol. The molecule has 0 amide bonds. The second-order valence-corrected chi connectivity index (χ2v) is 29.1. The number of carbonyl (C=O) groups is 2. The Hall–Kier alpha value is -1.25. The average molecular weight is 1240 g/mol. The molecule has 0 aromatic heterocycles. The van der Waals surface area contributed by atoms with E-state index in [1.54, 1.807) is 0 Å². The maximum absolute atomic E-state index is 12.8. The number of ether oxygens (including phenoxy) is 2. The highest BCUT2D eigenvalue weighted by atomic mass is 31.2. The van der Waals surface area contributed by atoms with Gasteiger partial charge in [-0.05, 0) is 38.5 Å². The number of unbranched alkanes of at least 4 members (excludes halogenated alkanes) is 57. The van der Waals surface area contributed by atoms with Crippen LogP contribution in [0.3, 0.4) is 0 Å². The minimum Gasteiger partial charge on any atom is -0.756 e. The number of quaternary nitrogens is 1. The van der Waals surface area contributed by atoms with E-state index in [1.807, 2.05) is 21.1 Å². The zero-order valence-electron chi connectivity index (χ0n) is 58.6. The molecule has 0 saturated carbocycles. The fourth-order valence-electron chi connectivity index (χ4n) is 11.9. The third-order valence-electron chi connectivity index (χ3n) is 17.8. The van der Waals surface area contributed by atoms with E-state index in [0.29, 0.717) is 17.4 Å². The van der Waals surface area contributed by atoms with Crippen LogP contribution in [0, 0.1) is 0 Å². The predicted octanol–water partition coefficient (Wildman–Crippen LogP) is 24.4. The van der Waals surface area contributed by atoms with E-state index < -0.39 is 26.5 Å². The second kappa shape index (κ2) is 68.1. The van der Waals surface area contributed by atoms with Crippen molar-refractivity contribution in [2.24, 2.45) is 0 Å². The number of allylic oxidation sites excluding steroid dienone is 2. The van der Waals surface area contributed by atoms with Crippen LogP contribution in [-0.2, 0) is 32.7 Å². The van der Waals surface area contributed by atoms with Crippen LogP contribution in [0.4, 0.5) is 0 Å². The van der Waals surface area contributed by atoms with E-state index in [2.05, 4.69) is 26.0 Å². The van der Waals surface area contributed by atoms with Gasteiger partial charge in [0.1, 0.15) is 19.8 Å². The number of phosphoric ester groups is 1. The molecule has 0 fully saturated rings. The van der Waals surface area contributed by atoms with Crippen LogP contribution >= 0.6 is 7.82 Å². The molecule has 0 aromatic rings. The molecule has 512 valence electrons. The van der Waals surface area contributed by atoms with Crippen LogP contribution in [0.2, 0.25) is 0 Å². The third-order valence-corrected chi connectivity index (χ3v) is 18.7. The Morgan fingerprint density at radius 1 is 0.349 bits per heavy atom. The first kappa shape index (κ1) is 84.8. The number of hydrogen-bond acceptors (Lipinski definition) is 8. The lowest BCUT2D eigenvalue weighted by Gasteiger charge is -2.28. The SMILES string of the molecule is CCCCCCCCCC/C=C\CCCCCCCCCCCC(=O)OC(COC(=O)CCCCCCCCCCCCCCCCCCCCCCCCCCCCCCCCCCCCCCCCCCC)COP(=O)([O-])OCC[N+](C)(C)C. The molecular formula is C76H150NO8P. The van der Waals surface area contributed by atoms with E-state index in [0.717, 1.165) is 38.5 Å². The molecule has 86 heavy (non-hydrogen) atoms. The lowest BCUT2D eigenvalue weighted by Crippen LogP contribution is -2.37. The summed E-state index contributed by atoms with van der Waals surface area (Å²) >= 11 is 0. The van der Waals surface area contributed by atoms with Gasteiger partial charge in [0, 0.05) is 12.8 Å². The van der Waals surface area contributed by atoms with E-state index in [4.69, 9.17) is 18.5 Å². The quantitative estimate of drug-likeness (QED) is 0.0195. The molecule has 0 radical (unpaired) electrons. The number of phosphoric acid groups is 1. The molecule has 0 aromatic carbocycles. The number of hydrogen-bond donors (Lipinski definition) is 0. The van der Waals surface area contributed by atoms with Crippen LogP contribution in [0.1, 0.15) is 412 Å². The maximum atomic E-state index is 12.8. The smallest absolute Gasteiger partial charge is 0.306 e. The van der Waals surface area contributed by atoms with Crippen LogP contribution < -0.4 is 4.89 Å². The molecule has 0 bridgehead atoms. The van der Waals surface area contributed by atoms with Crippen molar-refractivity contribution in [3.8, 4) is 0 Å². The first-order valence-corrected chi connectivity index (χ1v) is 39.9. The van der Waals surface area contributed by atoms with Crippen LogP contribution in [0.25, 0.3) is 0 Å². The van der Waals surface area contributed by atoms with Crippen molar-refractivity contribution in [2.75, 3.05) is 47.5 Å². The summed E-state index contributed by atoms with van der Waals surface area (Å²) in [6.45, 7) is 4.32. The van der Waals surface area contributed by atoms with Gasteiger partial charge in [0.25, 0.3) is 7.82 Å². The number of esters is 2. The molecule has 10 heteroatoms. The van der Waals surface area contributed by atoms with E-state index in [-0.39, 0.29) is 32.0 Å². The standard InChI is InChI=1S/C76H150NO8P/c1-6-8-10-12-14-16-18-20-22-24-26-28-29-30-31-32-33-34-35-36-37-38-39-40-41-42-43-44-45-46-47-49-50-52-54-56-58-60-62-64-66-68-75(78)82-72-74(73-84-86(80,81)83-71-70-77(3,4)5)85-76(79)69-67-65-63-61-59-57-55-53-51-48-27-25-23-21-19-17-15-13-11-9-7-2/h25,27,74H,6-24,26,28-73H2,1-5H3/b27-25-. The molecule has 0 aliphatic carbocycles. The predicted molar refractivity (Wildman–Crippen MR) is 370 cm³/mol. The van der Waals surface area contributed by atoms with Crippen molar-refractivity contribution in [2.45, 2.75) is 418 Å². The molecule has 0 rings (SSSR count). The fraction of sp³-hybridized carbons (Fsp3) is 0.947.